The molecular weight excluding hydrogens is 322 g/mol. The number of ether oxygens (including phenoxy) is 2. The summed E-state index contributed by atoms with van der Waals surface area (Å²) in [5.41, 5.74) is 0.418. The number of likely N-dealkylation sites (N-methyl/N-ethyl adjacent to an activating group) is 1. The van der Waals surface area contributed by atoms with E-state index in [1.165, 1.54) is 38.2 Å². The normalized spacial score (nSPS) is 11.5. The third-order valence-corrected chi connectivity index (χ3v) is 4.83. The van der Waals surface area contributed by atoms with Crippen molar-refractivity contribution in [2.75, 3.05) is 33.4 Å². The number of rotatable bonds is 9. The van der Waals surface area contributed by atoms with E-state index in [-0.39, 0.29) is 23.9 Å². The fourth-order valence-electron chi connectivity index (χ4n) is 1.71. The average molecular weight is 343 g/mol. The van der Waals surface area contributed by atoms with Crippen LogP contribution in [0.25, 0.3) is 0 Å². The van der Waals surface area contributed by atoms with Gasteiger partial charge in [0.15, 0.2) is 5.78 Å². The van der Waals surface area contributed by atoms with Crippen LogP contribution in [0.5, 0.6) is 0 Å². The standard InChI is InChI=1S/C15H21NO6S/c1-4-21-9-10-22-15(18)11-16(3)23(19,20)14-7-5-13(6-8-14)12(2)17/h5-8H,4,9-11H2,1-3H3. The predicted octanol–water partition coefficient (Wildman–Crippen LogP) is 1.09. The summed E-state index contributed by atoms with van der Waals surface area (Å²) in [4.78, 5) is 22.8. The lowest BCUT2D eigenvalue weighted by atomic mass is 10.2. The van der Waals surface area contributed by atoms with Crippen molar-refractivity contribution >= 4 is 21.8 Å². The molecule has 0 radical (unpaired) electrons. The number of carbonyl (C=O) groups excluding carboxylic acids is 2. The molecule has 1 rings (SSSR count). The minimum Gasteiger partial charge on any atom is -0.462 e. The molecule has 0 saturated carbocycles. The lowest BCUT2D eigenvalue weighted by Gasteiger charge is -2.16. The number of nitrogens with zero attached hydrogens (tertiary/aromatic N) is 1. The maximum absolute atomic E-state index is 12.3. The van der Waals surface area contributed by atoms with Gasteiger partial charge in [0.1, 0.15) is 13.2 Å². The summed E-state index contributed by atoms with van der Waals surface area (Å²) in [5, 5.41) is 0. The van der Waals surface area contributed by atoms with E-state index in [1.54, 1.807) is 0 Å². The lowest BCUT2D eigenvalue weighted by molar-refractivity contribution is -0.145. The molecule has 23 heavy (non-hydrogen) atoms. The SMILES string of the molecule is CCOCCOC(=O)CN(C)S(=O)(=O)c1ccc(C(C)=O)cc1. The van der Waals surface area contributed by atoms with Crippen LogP contribution in [0, 0.1) is 0 Å². The second-order valence-electron chi connectivity index (χ2n) is 4.76. The van der Waals surface area contributed by atoms with Crippen molar-refractivity contribution in [1.29, 1.82) is 0 Å². The third-order valence-electron chi connectivity index (χ3n) is 3.02. The molecule has 0 unspecified atom stereocenters. The first kappa shape index (κ1) is 19.3. The van der Waals surface area contributed by atoms with E-state index >= 15 is 0 Å². The van der Waals surface area contributed by atoms with Crippen molar-refractivity contribution in [3.63, 3.8) is 0 Å². The Balaban J connectivity index is 2.67. The van der Waals surface area contributed by atoms with E-state index in [4.69, 9.17) is 9.47 Å². The van der Waals surface area contributed by atoms with Crippen molar-refractivity contribution in [3.05, 3.63) is 29.8 Å². The Morgan fingerprint density at radius 3 is 2.26 bits per heavy atom. The number of esters is 1. The van der Waals surface area contributed by atoms with Crippen molar-refractivity contribution in [1.82, 2.24) is 4.31 Å². The van der Waals surface area contributed by atoms with Crippen molar-refractivity contribution in [2.45, 2.75) is 18.7 Å². The molecule has 128 valence electrons. The van der Waals surface area contributed by atoms with Gasteiger partial charge >= 0.3 is 5.97 Å². The maximum Gasteiger partial charge on any atom is 0.321 e. The molecule has 0 N–H and O–H groups in total. The molecule has 0 saturated heterocycles. The van der Waals surface area contributed by atoms with Gasteiger partial charge in [0, 0.05) is 19.2 Å². The number of Topliss-reactive ketones (excluding diaryl/α,β-unsaturated/α-hetero) is 1. The summed E-state index contributed by atoms with van der Waals surface area (Å²) >= 11 is 0. The molecule has 0 bridgehead atoms. The zero-order chi connectivity index (χ0) is 17.5. The van der Waals surface area contributed by atoms with Gasteiger partial charge in [0.25, 0.3) is 0 Å². The molecule has 1 aromatic rings. The number of benzene rings is 1. The Kier molecular flexibility index (Phi) is 7.34. The van der Waals surface area contributed by atoms with Gasteiger partial charge in [-0.3, -0.25) is 9.59 Å². The number of ketones is 1. The van der Waals surface area contributed by atoms with Crippen LogP contribution in [-0.2, 0) is 24.3 Å². The third kappa shape index (κ3) is 5.74. The molecule has 0 heterocycles. The van der Waals surface area contributed by atoms with Gasteiger partial charge in [-0.05, 0) is 26.0 Å². The van der Waals surface area contributed by atoms with Crippen LogP contribution in [0.15, 0.2) is 29.2 Å². The summed E-state index contributed by atoms with van der Waals surface area (Å²) < 4.78 is 35.5. The van der Waals surface area contributed by atoms with E-state index < -0.39 is 22.5 Å². The molecular formula is C15H21NO6S. The maximum atomic E-state index is 12.3. The zero-order valence-electron chi connectivity index (χ0n) is 13.4. The molecule has 0 spiro atoms. The second kappa shape index (κ2) is 8.76. The molecule has 0 aliphatic rings. The van der Waals surface area contributed by atoms with Crippen LogP contribution in [0.1, 0.15) is 24.2 Å². The van der Waals surface area contributed by atoms with E-state index in [1.807, 2.05) is 6.92 Å². The highest BCUT2D eigenvalue weighted by molar-refractivity contribution is 7.89. The van der Waals surface area contributed by atoms with Crippen LogP contribution in [0.2, 0.25) is 0 Å². The lowest BCUT2D eigenvalue weighted by Crippen LogP contribution is -2.33. The minimum atomic E-state index is -3.82. The van der Waals surface area contributed by atoms with Crippen LogP contribution < -0.4 is 0 Å². The highest BCUT2D eigenvalue weighted by Crippen LogP contribution is 2.15. The summed E-state index contributed by atoms with van der Waals surface area (Å²) in [6.45, 7) is 3.68. The number of carbonyl (C=O) groups is 2. The summed E-state index contributed by atoms with van der Waals surface area (Å²) in [5.74, 6) is -0.809. The van der Waals surface area contributed by atoms with E-state index in [9.17, 15) is 18.0 Å². The average Bonchev–Trinajstić information content (AvgIpc) is 2.51. The van der Waals surface area contributed by atoms with E-state index in [0.29, 0.717) is 12.2 Å². The van der Waals surface area contributed by atoms with Crippen LogP contribution in [0.4, 0.5) is 0 Å². The Bertz CT molecular complexity index is 638. The molecule has 0 amide bonds. The topological polar surface area (TPSA) is 90.0 Å². The number of hydrogen-bond acceptors (Lipinski definition) is 6. The van der Waals surface area contributed by atoms with Crippen LogP contribution in [0.3, 0.4) is 0 Å². The van der Waals surface area contributed by atoms with Crippen molar-refractivity contribution in [2.24, 2.45) is 0 Å². The molecule has 1 aromatic carbocycles. The zero-order valence-corrected chi connectivity index (χ0v) is 14.3. The first-order chi connectivity index (χ1) is 10.8. The molecule has 7 nitrogen and oxygen atoms in total. The van der Waals surface area contributed by atoms with Crippen LogP contribution in [-0.4, -0.2) is 57.9 Å². The van der Waals surface area contributed by atoms with Gasteiger partial charge in [-0.1, -0.05) is 12.1 Å². The van der Waals surface area contributed by atoms with Gasteiger partial charge in [0.05, 0.1) is 11.5 Å². The van der Waals surface area contributed by atoms with E-state index in [2.05, 4.69) is 0 Å². The Morgan fingerprint density at radius 2 is 1.74 bits per heavy atom. The predicted molar refractivity (Wildman–Crippen MR) is 83.7 cm³/mol. The van der Waals surface area contributed by atoms with Gasteiger partial charge in [-0.25, -0.2) is 8.42 Å². The van der Waals surface area contributed by atoms with Gasteiger partial charge < -0.3 is 9.47 Å². The Labute approximate surface area is 136 Å². The summed E-state index contributed by atoms with van der Waals surface area (Å²) in [7, 11) is -2.53. The monoisotopic (exact) mass is 343 g/mol. The van der Waals surface area contributed by atoms with Crippen molar-refractivity contribution < 1.29 is 27.5 Å². The van der Waals surface area contributed by atoms with E-state index in [0.717, 1.165) is 4.31 Å². The smallest absolute Gasteiger partial charge is 0.321 e. The number of sulfonamides is 1. The molecule has 8 heteroatoms. The fraction of sp³-hybridized carbons (Fsp3) is 0.467. The van der Waals surface area contributed by atoms with Crippen LogP contribution >= 0.6 is 0 Å². The van der Waals surface area contributed by atoms with Gasteiger partial charge in [-0.15, -0.1) is 0 Å². The molecule has 0 aliphatic heterocycles. The van der Waals surface area contributed by atoms with Gasteiger partial charge in [0.2, 0.25) is 10.0 Å². The highest BCUT2D eigenvalue weighted by atomic mass is 32.2. The molecule has 0 fully saturated rings. The van der Waals surface area contributed by atoms with Crippen molar-refractivity contribution in [3.8, 4) is 0 Å². The molecule has 0 aromatic heterocycles. The number of hydrogen-bond donors (Lipinski definition) is 0. The second-order valence-corrected chi connectivity index (χ2v) is 6.80. The molecule has 0 atom stereocenters. The molecule has 0 aliphatic carbocycles. The minimum absolute atomic E-state index is 0.00659. The Hall–Kier alpha value is -1.77. The first-order valence-corrected chi connectivity index (χ1v) is 8.53. The first-order valence-electron chi connectivity index (χ1n) is 7.09. The summed E-state index contributed by atoms with van der Waals surface area (Å²) in [6.07, 6.45) is 0. The quantitative estimate of drug-likeness (QED) is 0.379. The van der Waals surface area contributed by atoms with Gasteiger partial charge in [-0.2, -0.15) is 4.31 Å². The highest BCUT2D eigenvalue weighted by Gasteiger charge is 2.23. The summed E-state index contributed by atoms with van der Waals surface area (Å²) in [6, 6.07) is 5.54. The Morgan fingerprint density at radius 1 is 1.13 bits per heavy atom. The largest absolute Gasteiger partial charge is 0.462 e. The fourth-order valence-corrected chi connectivity index (χ4v) is 2.83.